The predicted molar refractivity (Wildman–Crippen MR) is 108 cm³/mol. The Morgan fingerprint density at radius 3 is 2.48 bits per heavy atom. The molecule has 1 N–H and O–H groups in total. The Balaban J connectivity index is 2.11. The van der Waals surface area contributed by atoms with Crippen LogP contribution in [0.25, 0.3) is 11.2 Å². The summed E-state index contributed by atoms with van der Waals surface area (Å²) < 4.78 is 4.21. The molecule has 0 amide bonds. The number of halogens is 1. The van der Waals surface area contributed by atoms with Crippen LogP contribution in [0.1, 0.15) is 18.1 Å². The molecule has 0 saturated heterocycles. The fourth-order valence-electron chi connectivity index (χ4n) is 2.86. The first kappa shape index (κ1) is 19.0. The molecule has 142 valence electrons. The number of nitrogens with one attached hydrogen (secondary N) is 1. The molecular weight excluding hydrogens is 366 g/mol. The van der Waals surface area contributed by atoms with Gasteiger partial charge in [0, 0.05) is 32.2 Å². The molecule has 7 nitrogen and oxygen atoms in total. The monoisotopic (exact) mass is 387 g/mol. The number of hydrogen-bond donors (Lipinski definition) is 1. The Labute approximate surface area is 161 Å². The molecule has 0 unspecified atom stereocenters. The average molecular weight is 388 g/mol. The molecule has 0 spiro atoms. The fourth-order valence-corrected chi connectivity index (χ4v) is 2.93. The molecule has 3 rings (SSSR count). The molecule has 27 heavy (non-hydrogen) atoms. The van der Waals surface area contributed by atoms with E-state index in [0.717, 1.165) is 10.1 Å². The van der Waals surface area contributed by atoms with Gasteiger partial charge in [-0.05, 0) is 19.4 Å². The van der Waals surface area contributed by atoms with Crippen LogP contribution in [0.3, 0.4) is 0 Å². The van der Waals surface area contributed by atoms with Crippen molar-refractivity contribution in [2.75, 3.05) is 5.32 Å². The van der Waals surface area contributed by atoms with E-state index in [1.807, 2.05) is 31.2 Å². The van der Waals surface area contributed by atoms with Gasteiger partial charge in [0.05, 0.1) is 0 Å². The van der Waals surface area contributed by atoms with E-state index >= 15 is 0 Å². The topological polar surface area (TPSA) is 73.8 Å². The predicted octanol–water partition coefficient (Wildman–Crippen LogP) is 2.50. The Morgan fingerprint density at radius 1 is 1.19 bits per heavy atom. The smallest absolute Gasteiger partial charge is 0.332 e. The van der Waals surface area contributed by atoms with Crippen molar-refractivity contribution in [2.45, 2.75) is 26.9 Å². The fraction of sp³-hybridized carbons (Fsp3) is 0.316. The second-order valence-electron chi connectivity index (χ2n) is 6.55. The van der Waals surface area contributed by atoms with E-state index in [1.165, 1.54) is 17.2 Å². The van der Waals surface area contributed by atoms with Gasteiger partial charge in [-0.3, -0.25) is 13.9 Å². The summed E-state index contributed by atoms with van der Waals surface area (Å²) in [5.74, 6) is 0.512. The zero-order valence-electron chi connectivity index (χ0n) is 15.8. The molecule has 0 fully saturated rings. The Hall–Kier alpha value is -2.80. The molecule has 0 saturated carbocycles. The number of anilines is 1. The maximum Gasteiger partial charge on any atom is 0.332 e. The van der Waals surface area contributed by atoms with Gasteiger partial charge in [-0.1, -0.05) is 47.5 Å². The normalized spacial score (nSPS) is 12.0. The van der Waals surface area contributed by atoms with E-state index in [-0.39, 0.29) is 5.56 Å². The molecule has 0 aliphatic heterocycles. The van der Waals surface area contributed by atoms with Crippen molar-refractivity contribution < 1.29 is 0 Å². The van der Waals surface area contributed by atoms with Crippen LogP contribution in [0.5, 0.6) is 0 Å². The van der Waals surface area contributed by atoms with Crippen LogP contribution in [0, 0.1) is 6.92 Å². The van der Waals surface area contributed by atoms with Crippen molar-refractivity contribution in [3.8, 4) is 0 Å². The lowest BCUT2D eigenvalue weighted by atomic mass is 10.1. The van der Waals surface area contributed by atoms with E-state index in [0.29, 0.717) is 35.2 Å². The molecular formula is C19H22ClN5O2. The van der Waals surface area contributed by atoms with E-state index in [4.69, 9.17) is 11.6 Å². The summed E-state index contributed by atoms with van der Waals surface area (Å²) in [5, 5.41) is 3.89. The van der Waals surface area contributed by atoms with Gasteiger partial charge in [0.1, 0.15) is 0 Å². The van der Waals surface area contributed by atoms with Crippen molar-refractivity contribution >= 4 is 28.7 Å². The molecule has 0 radical (unpaired) electrons. The zero-order valence-corrected chi connectivity index (χ0v) is 16.5. The third-order valence-corrected chi connectivity index (χ3v) is 4.63. The van der Waals surface area contributed by atoms with Gasteiger partial charge in [-0.2, -0.15) is 4.98 Å². The SMILES string of the molecule is C/C(Cl)=C\Cn1c(NCc2ccc(C)cc2)nc2c1c(=O)n(C)c(=O)n2C. The molecule has 0 aliphatic carbocycles. The number of imidazole rings is 1. The van der Waals surface area contributed by atoms with Crippen molar-refractivity contribution in [1.82, 2.24) is 18.7 Å². The minimum atomic E-state index is -0.411. The number of hydrogen-bond acceptors (Lipinski definition) is 4. The highest BCUT2D eigenvalue weighted by Gasteiger charge is 2.18. The minimum absolute atomic E-state index is 0.343. The number of allylic oxidation sites excluding steroid dienone is 2. The van der Waals surface area contributed by atoms with Crippen LogP contribution >= 0.6 is 11.6 Å². The lowest BCUT2D eigenvalue weighted by Crippen LogP contribution is -2.37. The summed E-state index contributed by atoms with van der Waals surface area (Å²) >= 11 is 5.98. The number of rotatable bonds is 5. The number of nitrogens with zero attached hydrogens (tertiary/aromatic N) is 4. The molecule has 2 heterocycles. The summed E-state index contributed by atoms with van der Waals surface area (Å²) in [6, 6.07) is 8.15. The van der Waals surface area contributed by atoms with Gasteiger partial charge in [0.15, 0.2) is 11.2 Å². The van der Waals surface area contributed by atoms with E-state index in [9.17, 15) is 9.59 Å². The second kappa shape index (κ2) is 7.44. The van der Waals surface area contributed by atoms with Crippen molar-refractivity contribution in [3.05, 3.63) is 67.3 Å². The standard InChI is InChI=1S/C19H22ClN5O2/c1-12-5-7-14(8-6-12)11-21-18-22-16-15(25(18)10-9-13(2)20)17(26)24(4)19(27)23(16)3/h5-9H,10-11H2,1-4H3,(H,21,22)/b13-9+. The van der Waals surface area contributed by atoms with Gasteiger partial charge in [-0.15, -0.1) is 0 Å². The van der Waals surface area contributed by atoms with Crippen LogP contribution in [-0.4, -0.2) is 18.7 Å². The van der Waals surface area contributed by atoms with Crippen LogP contribution in [0.4, 0.5) is 5.95 Å². The van der Waals surface area contributed by atoms with Gasteiger partial charge >= 0.3 is 5.69 Å². The summed E-state index contributed by atoms with van der Waals surface area (Å²) in [7, 11) is 3.07. The van der Waals surface area contributed by atoms with E-state index < -0.39 is 5.69 Å². The van der Waals surface area contributed by atoms with Crippen molar-refractivity contribution in [2.24, 2.45) is 14.1 Å². The minimum Gasteiger partial charge on any atom is -0.351 e. The van der Waals surface area contributed by atoms with Gasteiger partial charge in [0.25, 0.3) is 5.56 Å². The third kappa shape index (κ3) is 3.68. The van der Waals surface area contributed by atoms with Gasteiger partial charge in [-0.25, -0.2) is 4.79 Å². The lowest BCUT2D eigenvalue weighted by Gasteiger charge is -2.09. The largest absolute Gasteiger partial charge is 0.351 e. The number of benzene rings is 1. The quantitative estimate of drug-likeness (QED) is 0.730. The number of fused-ring (bicyclic) bond motifs is 1. The highest BCUT2D eigenvalue weighted by Crippen LogP contribution is 2.17. The van der Waals surface area contributed by atoms with Crippen LogP contribution in [0.2, 0.25) is 0 Å². The average Bonchev–Trinajstić information content (AvgIpc) is 3.01. The summed E-state index contributed by atoms with van der Waals surface area (Å²) in [4.78, 5) is 29.4. The Morgan fingerprint density at radius 2 is 1.85 bits per heavy atom. The summed E-state index contributed by atoms with van der Waals surface area (Å²) in [5.41, 5.74) is 2.18. The molecule has 8 heteroatoms. The van der Waals surface area contributed by atoms with Crippen LogP contribution < -0.4 is 16.6 Å². The maximum absolute atomic E-state index is 12.7. The van der Waals surface area contributed by atoms with Crippen LogP contribution in [-0.2, 0) is 27.2 Å². The molecule has 0 bridgehead atoms. The Kier molecular flexibility index (Phi) is 5.23. The van der Waals surface area contributed by atoms with Crippen molar-refractivity contribution in [1.29, 1.82) is 0 Å². The first-order valence-electron chi connectivity index (χ1n) is 8.57. The second-order valence-corrected chi connectivity index (χ2v) is 7.15. The van der Waals surface area contributed by atoms with Crippen LogP contribution in [0.15, 0.2) is 45.0 Å². The molecule has 0 atom stereocenters. The summed E-state index contributed by atoms with van der Waals surface area (Å²) in [6.45, 7) is 4.72. The molecule has 2 aromatic heterocycles. The molecule has 0 aliphatic rings. The van der Waals surface area contributed by atoms with Gasteiger partial charge < -0.3 is 9.88 Å². The zero-order chi connectivity index (χ0) is 19.7. The first-order valence-corrected chi connectivity index (χ1v) is 8.95. The van der Waals surface area contributed by atoms with Crippen molar-refractivity contribution in [3.63, 3.8) is 0 Å². The highest BCUT2D eigenvalue weighted by molar-refractivity contribution is 6.29. The number of aryl methyl sites for hydroxylation is 2. The van der Waals surface area contributed by atoms with E-state index in [1.54, 1.807) is 24.6 Å². The third-order valence-electron chi connectivity index (χ3n) is 4.47. The highest BCUT2D eigenvalue weighted by atomic mass is 35.5. The maximum atomic E-state index is 12.7. The van der Waals surface area contributed by atoms with E-state index in [2.05, 4.69) is 10.3 Å². The molecule has 3 aromatic rings. The lowest BCUT2D eigenvalue weighted by molar-refractivity contribution is 0.703. The molecule has 1 aromatic carbocycles. The Bertz CT molecular complexity index is 1130. The summed E-state index contributed by atoms with van der Waals surface area (Å²) in [6.07, 6.45) is 1.80. The number of aromatic nitrogens is 4. The first-order chi connectivity index (χ1) is 12.8. The van der Waals surface area contributed by atoms with Gasteiger partial charge in [0.2, 0.25) is 5.95 Å².